The second-order valence-electron chi connectivity index (χ2n) is 5.73. The Labute approximate surface area is 162 Å². The summed E-state index contributed by atoms with van der Waals surface area (Å²) < 4.78 is 14.7. The van der Waals surface area contributed by atoms with Crippen LogP contribution < -0.4 is 10.9 Å². The molecule has 2 aromatic heterocycles. The monoisotopic (exact) mass is 398 g/mol. The number of carbonyl (C=O) groups excluding carboxylic acids is 1. The fraction of sp³-hybridized carbons (Fsp3) is 0. The summed E-state index contributed by atoms with van der Waals surface area (Å²) in [5.74, 6) is -0.865. The van der Waals surface area contributed by atoms with Crippen LogP contribution in [0.5, 0.6) is 5.75 Å². The minimum absolute atomic E-state index is 0.00677. The second-order valence-corrected chi connectivity index (χ2v) is 6.17. The number of carbonyl (C=O) groups is 1. The third-order valence-electron chi connectivity index (χ3n) is 3.93. The maximum absolute atomic E-state index is 13.1. The van der Waals surface area contributed by atoms with Gasteiger partial charge in [0.1, 0.15) is 17.9 Å². The summed E-state index contributed by atoms with van der Waals surface area (Å²) in [6.07, 6.45) is 2.82. The Hall–Kier alpha value is -3.72. The number of hydrogen-bond donors (Lipinski definition) is 3. The number of aromatic hydroxyl groups is 1. The van der Waals surface area contributed by atoms with Gasteiger partial charge in [0, 0.05) is 5.02 Å². The van der Waals surface area contributed by atoms with E-state index in [2.05, 4.69) is 25.9 Å². The summed E-state index contributed by atoms with van der Waals surface area (Å²) in [6.45, 7) is 0. The maximum atomic E-state index is 13.1. The van der Waals surface area contributed by atoms with Crippen molar-refractivity contribution >= 4 is 34.4 Å². The normalized spacial score (nSPS) is 10.8. The van der Waals surface area contributed by atoms with Crippen LogP contribution in [-0.2, 0) is 0 Å². The molecule has 0 saturated heterocycles. The number of anilines is 1. The highest BCUT2D eigenvalue weighted by atomic mass is 35.5. The number of hydrazine groups is 1. The highest BCUT2D eigenvalue weighted by Crippen LogP contribution is 2.23. The predicted molar refractivity (Wildman–Crippen MR) is 101 cm³/mol. The first-order valence-corrected chi connectivity index (χ1v) is 8.40. The van der Waals surface area contributed by atoms with Gasteiger partial charge < -0.3 is 5.11 Å². The van der Waals surface area contributed by atoms with Crippen molar-refractivity contribution in [1.82, 2.24) is 25.2 Å². The molecule has 1 amide bonds. The molecule has 4 aromatic rings. The van der Waals surface area contributed by atoms with Gasteiger partial charge in [0.2, 0.25) is 0 Å². The standard InChI is InChI=1S/C18H12ClFN6O2/c19-10-1-6-15(27)13(7-10)18(28)25-24-16-14-8-23-26(17(14)22-9-21-16)12-4-2-11(20)3-5-12/h1-9,27H,(H,25,28)(H,21,22,24). The Bertz CT molecular complexity index is 1180. The van der Waals surface area contributed by atoms with E-state index in [0.717, 1.165) is 0 Å². The van der Waals surface area contributed by atoms with Crippen LogP contribution in [0.4, 0.5) is 10.2 Å². The highest BCUT2D eigenvalue weighted by molar-refractivity contribution is 6.31. The lowest BCUT2D eigenvalue weighted by molar-refractivity contribution is 0.0960. The zero-order chi connectivity index (χ0) is 19.7. The van der Waals surface area contributed by atoms with E-state index in [1.165, 1.54) is 47.5 Å². The Morgan fingerprint density at radius 1 is 1.14 bits per heavy atom. The van der Waals surface area contributed by atoms with Gasteiger partial charge in [-0.15, -0.1) is 0 Å². The van der Waals surface area contributed by atoms with Crippen LogP contribution in [0.15, 0.2) is 55.0 Å². The molecule has 0 saturated carbocycles. The number of nitrogens with zero attached hydrogens (tertiary/aromatic N) is 4. The maximum Gasteiger partial charge on any atom is 0.273 e. The highest BCUT2D eigenvalue weighted by Gasteiger charge is 2.14. The van der Waals surface area contributed by atoms with E-state index < -0.39 is 5.91 Å². The molecular formula is C18H12ClFN6O2. The van der Waals surface area contributed by atoms with Gasteiger partial charge in [-0.1, -0.05) is 11.6 Å². The topological polar surface area (TPSA) is 105 Å². The molecule has 0 spiro atoms. The SMILES string of the molecule is O=C(NNc1ncnc2c1cnn2-c1ccc(F)cc1)c1cc(Cl)ccc1O. The number of hydrogen-bond acceptors (Lipinski definition) is 6. The van der Waals surface area contributed by atoms with Gasteiger partial charge in [-0.05, 0) is 42.5 Å². The number of aromatic nitrogens is 4. The number of phenols is 1. The molecule has 3 N–H and O–H groups in total. The summed E-state index contributed by atoms with van der Waals surface area (Å²) in [5.41, 5.74) is 6.22. The van der Waals surface area contributed by atoms with Crippen LogP contribution in [-0.4, -0.2) is 30.8 Å². The number of benzene rings is 2. The zero-order valence-electron chi connectivity index (χ0n) is 14.1. The molecule has 0 unspecified atom stereocenters. The van der Waals surface area contributed by atoms with Gasteiger partial charge in [0.25, 0.3) is 5.91 Å². The smallest absolute Gasteiger partial charge is 0.273 e. The molecule has 0 aliphatic heterocycles. The van der Waals surface area contributed by atoms with Crippen molar-refractivity contribution in [2.24, 2.45) is 0 Å². The van der Waals surface area contributed by atoms with Crippen LogP contribution in [0, 0.1) is 5.82 Å². The first-order chi connectivity index (χ1) is 13.5. The van der Waals surface area contributed by atoms with E-state index in [4.69, 9.17) is 11.6 Å². The van der Waals surface area contributed by atoms with Crippen LogP contribution in [0.2, 0.25) is 5.02 Å². The molecule has 0 atom stereocenters. The third-order valence-corrected chi connectivity index (χ3v) is 4.17. The number of rotatable bonds is 4. The first kappa shape index (κ1) is 17.7. The van der Waals surface area contributed by atoms with Gasteiger partial charge in [-0.25, -0.2) is 19.0 Å². The number of amides is 1. The third kappa shape index (κ3) is 3.30. The van der Waals surface area contributed by atoms with Crippen molar-refractivity contribution in [2.45, 2.75) is 0 Å². The molecular weight excluding hydrogens is 387 g/mol. The van der Waals surface area contributed by atoms with Gasteiger partial charge in [0.05, 0.1) is 22.8 Å². The van der Waals surface area contributed by atoms with Gasteiger partial charge in [-0.2, -0.15) is 5.10 Å². The molecule has 4 rings (SSSR count). The zero-order valence-corrected chi connectivity index (χ0v) is 14.9. The molecule has 2 heterocycles. The van der Waals surface area contributed by atoms with Gasteiger partial charge >= 0.3 is 0 Å². The molecule has 0 aliphatic rings. The van der Waals surface area contributed by atoms with Gasteiger partial charge in [0.15, 0.2) is 11.5 Å². The summed E-state index contributed by atoms with van der Waals surface area (Å²) in [5, 5.41) is 14.9. The van der Waals surface area contributed by atoms with E-state index in [1.807, 2.05) is 0 Å². The van der Waals surface area contributed by atoms with Crippen LogP contribution in [0.25, 0.3) is 16.7 Å². The van der Waals surface area contributed by atoms with E-state index in [-0.39, 0.29) is 17.1 Å². The van der Waals surface area contributed by atoms with Crippen LogP contribution >= 0.6 is 11.6 Å². The number of nitrogens with one attached hydrogen (secondary N) is 2. The van der Waals surface area contributed by atoms with Crippen LogP contribution in [0.1, 0.15) is 10.4 Å². The summed E-state index contributed by atoms with van der Waals surface area (Å²) >= 11 is 5.86. The Kier molecular flexibility index (Phi) is 4.50. The van der Waals surface area contributed by atoms with Crippen molar-refractivity contribution < 1.29 is 14.3 Å². The fourth-order valence-electron chi connectivity index (χ4n) is 2.59. The summed E-state index contributed by atoms with van der Waals surface area (Å²) in [7, 11) is 0. The van der Waals surface area contributed by atoms with E-state index in [1.54, 1.807) is 12.1 Å². The molecule has 2 aromatic carbocycles. The lowest BCUT2D eigenvalue weighted by Gasteiger charge is -2.10. The summed E-state index contributed by atoms with van der Waals surface area (Å²) in [4.78, 5) is 20.6. The minimum Gasteiger partial charge on any atom is -0.507 e. The van der Waals surface area contributed by atoms with E-state index >= 15 is 0 Å². The molecule has 0 bridgehead atoms. The van der Waals surface area contributed by atoms with Crippen molar-refractivity contribution in [3.05, 3.63) is 71.4 Å². The lowest BCUT2D eigenvalue weighted by atomic mass is 10.2. The molecule has 8 nitrogen and oxygen atoms in total. The Morgan fingerprint density at radius 3 is 2.71 bits per heavy atom. The lowest BCUT2D eigenvalue weighted by Crippen LogP contribution is -2.30. The van der Waals surface area contributed by atoms with E-state index in [0.29, 0.717) is 27.6 Å². The molecule has 28 heavy (non-hydrogen) atoms. The molecule has 0 radical (unpaired) electrons. The quantitative estimate of drug-likeness (QED) is 0.456. The first-order valence-electron chi connectivity index (χ1n) is 8.02. The van der Waals surface area contributed by atoms with Crippen molar-refractivity contribution in [2.75, 3.05) is 5.43 Å². The predicted octanol–water partition coefficient (Wildman–Crippen LogP) is 3.07. The number of fused-ring (bicyclic) bond motifs is 1. The van der Waals surface area contributed by atoms with Crippen molar-refractivity contribution in [1.29, 1.82) is 0 Å². The molecule has 0 aliphatic carbocycles. The Morgan fingerprint density at radius 2 is 1.93 bits per heavy atom. The molecule has 0 fully saturated rings. The largest absolute Gasteiger partial charge is 0.507 e. The minimum atomic E-state index is -0.599. The fourth-order valence-corrected chi connectivity index (χ4v) is 2.76. The Balaban J connectivity index is 1.60. The average molecular weight is 399 g/mol. The number of phenolic OH excluding ortho intramolecular Hbond substituents is 1. The average Bonchev–Trinajstić information content (AvgIpc) is 3.13. The molecule has 140 valence electrons. The van der Waals surface area contributed by atoms with E-state index in [9.17, 15) is 14.3 Å². The van der Waals surface area contributed by atoms with Crippen molar-refractivity contribution in [3.8, 4) is 11.4 Å². The number of halogens is 2. The van der Waals surface area contributed by atoms with Gasteiger partial charge in [-0.3, -0.25) is 15.6 Å². The summed E-state index contributed by atoms with van der Waals surface area (Å²) in [6, 6.07) is 9.92. The second kappa shape index (κ2) is 7.12. The molecule has 10 heteroatoms. The van der Waals surface area contributed by atoms with Crippen molar-refractivity contribution in [3.63, 3.8) is 0 Å². The van der Waals surface area contributed by atoms with Crippen LogP contribution in [0.3, 0.4) is 0 Å².